The molecule has 0 aliphatic rings. The number of rotatable bonds is 4. The Labute approximate surface area is 127 Å². The Bertz CT molecular complexity index is 643. The van der Waals surface area contributed by atoms with E-state index in [0.29, 0.717) is 10.6 Å². The van der Waals surface area contributed by atoms with Crippen molar-refractivity contribution in [1.29, 1.82) is 0 Å². The fraction of sp³-hybridized carbons (Fsp3) is 0.188. The summed E-state index contributed by atoms with van der Waals surface area (Å²) in [6.07, 6.45) is 0. The van der Waals surface area contributed by atoms with Crippen molar-refractivity contribution in [2.45, 2.75) is 0 Å². The Morgan fingerprint density at radius 1 is 1.19 bits per heavy atom. The summed E-state index contributed by atoms with van der Waals surface area (Å²) in [4.78, 5) is 13.3. The number of hydrogen-bond acceptors (Lipinski definition) is 2. The molecule has 0 unspecified atom stereocenters. The van der Waals surface area contributed by atoms with Crippen molar-refractivity contribution in [3.63, 3.8) is 0 Å². The van der Waals surface area contributed by atoms with Crippen molar-refractivity contribution >= 4 is 17.5 Å². The van der Waals surface area contributed by atoms with Crippen molar-refractivity contribution in [1.82, 2.24) is 4.90 Å². The maximum Gasteiger partial charge on any atom is 0.256 e. The highest BCUT2D eigenvalue weighted by Gasteiger charge is 2.16. The van der Waals surface area contributed by atoms with Crippen LogP contribution in [0.5, 0.6) is 0 Å². The van der Waals surface area contributed by atoms with Crippen LogP contribution < -0.4 is 0 Å². The number of carbonyl (C=O) groups is 1. The molecule has 0 atom stereocenters. The Kier molecular flexibility index (Phi) is 4.94. The predicted octanol–water partition coefficient (Wildman–Crippen LogP) is 3.21. The van der Waals surface area contributed by atoms with Crippen LogP contribution >= 0.6 is 11.6 Å². The topological polar surface area (TPSA) is 40.5 Å². The number of benzene rings is 2. The van der Waals surface area contributed by atoms with Crippen LogP contribution in [0.25, 0.3) is 11.1 Å². The van der Waals surface area contributed by atoms with Gasteiger partial charge in [0.25, 0.3) is 5.91 Å². The van der Waals surface area contributed by atoms with Gasteiger partial charge in [0.1, 0.15) is 5.82 Å². The highest BCUT2D eigenvalue weighted by Crippen LogP contribution is 2.24. The molecule has 0 aliphatic carbocycles. The van der Waals surface area contributed by atoms with Gasteiger partial charge in [0, 0.05) is 18.6 Å². The third kappa shape index (κ3) is 3.60. The first kappa shape index (κ1) is 15.5. The van der Waals surface area contributed by atoms with Crippen LogP contribution in [0.3, 0.4) is 0 Å². The van der Waals surface area contributed by atoms with Crippen molar-refractivity contribution in [2.75, 3.05) is 20.2 Å². The number of carbonyl (C=O) groups excluding carboxylic acids is 1. The van der Waals surface area contributed by atoms with E-state index in [1.54, 1.807) is 30.3 Å². The summed E-state index contributed by atoms with van der Waals surface area (Å²) in [5.41, 5.74) is 1.48. The highest BCUT2D eigenvalue weighted by molar-refractivity contribution is 6.30. The molecule has 0 bridgehead atoms. The molecule has 0 aliphatic heterocycles. The zero-order valence-corrected chi connectivity index (χ0v) is 12.3. The number of hydrogen-bond donors (Lipinski definition) is 1. The van der Waals surface area contributed by atoms with Crippen molar-refractivity contribution < 1.29 is 14.3 Å². The van der Waals surface area contributed by atoms with E-state index >= 15 is 0 Å². The Hall–Kier alpha value is -1.91. The Balaban J connectivity index is 2.29. The molecule has 0 fully saturated rings. The Morgan fingerprint density at radius 3 is 2.38 bits per heavy atom. The number of aliphatic hydroxyl groups is 1. The third-order valence-corrected chi connectivity index (χ3v) is 3.41. The maximum atomic E-state index is 14.1. The van der Waals surface area contributed by atoms with Crippen LogP contribution in [0.15, 0.2) is 42.5 Å². The SMILES string of the molecule is CN(CCO)C(=O)c1ccc(-c2ccc(Cl)cc2)cc1F. The molecule has 0 radical (unpaired) electrons. The van der Waals surface area contributed by atoms with Gasteiger partial charge in [-0.25, -0.2) is 4.39 Å². The monoisotopic (exact) mass is 307 g/mol. The molecule has 0 saturated heterocycles. The molecule has 0 saturated carbocycles. The molecule has 21 heavy (non-hydrogen) atoms. The van der Waals surface area contributed by atoms with Crippen LogP contribution in [0.1, 0.15) is 10.4 Å². The smallest absolute Gasteiger partial charge is 0.256 e. The van der Waals surface area contributed by atoms with E-state index in [1.807, 2.05) is 0 Å². The van der Waals surface area contributed by atoms with E-state index in [4.69, 9.17) is 16.7 Å². The molecule has 2 rings (SSSR count). The normalized spacial score (nSPS) is 10.5. The molecule has 110 valence electrons. The van der Waals surface area contributed by atoms with Gasteiger partial charge in [0.2, 0.25) is 0 Å². The van der Waals surface area contributed by atoms with Gasteiger partial charge in [-0.05, 0) is 35.4 Å². The van der Waals surface area contributed by atoms with Crippen LogP contribution in [0.2, 0.25) is 5.02 Å². The summed E-state index contributed by atoms with van der Waals surface area (Å²) in [5.74, 6) is -1.04. The van der Waals surface area contributed by atoms with Gasteiger partial charge >= 0.3 is 0 Å². The average Bonchev–Trinajstić information content (AvgIpc) is 2.47. The van der Waals surface area contributed by atoms with E-state index in [-0.39, 0.29) is 18.7 Å². The van der Waals surface area contributed by atoms with E-state index in [2.05, 4.69) is 0 Å². The molecule has 1 N–H and O–H groups in total. The fourth-order valence-corrected chi connectivity index (χ4v) is 2.09. The first-order valence-corrected chi connectivity index (χ1v) is 6.82. The van der Waals surface area contributed by atoms with Crippen molar-refractivity contribution in [3.05, 3.63) is 58.9 Å². The summed E-state index contributed by atoms with van der Waals surface area (Å²) >= 11 is 5.82. The molecule has 1 amide bonds. The molecule has 5 heteroatoms. The lowest BCUT2D eigenvalue weighted by Gasteiger charge is -2.16. The maximum absolute atomic E-state index is 14.1. The largest absolute Gasteiger partial charge is 0.395 e. The minimum Gasteiger partial charge on any atom is -0.395 e. The Morgan fingerprint density at radius 2 is 1.81 bits per heavy atom. The summed E-state index contributed by atoms with van der Waals surface area (Å²) in [7, 11) is 1.52. The van der Waals surface area contributed by atoms with E-state index in [0.717, 1.165) is 5.56 Å². The first-order chi connectivity index (χ1) is 10.0. The molecule has 0 aromatic heterocycles. The molecule has 3 nitrogen and oxygen atoms in total. The molecule has 2 aromatic rings. The zero-order chi connectivity index (χ0) is 15.4. The molecule has 0 spiro atoms. The van der Waals surface area contributed by atoms with Gasteiger partial charge in [-0.15, -0.1) is 0 Å². The van der Waals surface area contributed by atoms with Gasteiger partial charge < -0.3 is 10.0 Å². The lowest BCUT2D eigenvalue weighted by atomic mass is 10.0. The number of likely N-dealkylation sites (N-methyl/N-ethyl adjacent to an activating group) is 1. The summed E-state index contributed by atoms with van der Waals surface area (Å²) < 4.78 is 14.1. The number of halogens is 2. The zero-order valence-electron chi connectivity index (χ0n) is 11.5. The minimum atomic E-state index is -0.586. The minimum absolute atomic E-state index is 0.0105. The van der Waals surface area contributed by atoms with Crippen molar-refractivity contribution in [2.24, 2.45) is 0 Å². The molecular formula is C16H15ClFNO2. The predicted molar refractivity (Wildman–Crippen MR) is 80.9 cm³/mol. The highest BCUT2D eigenvalue weighted by atomic mass is 35.5. The third-order valence-electron chi connectivity index (χ3n) is 3.16. The van der Waals surface area contributed by atoms with E-state index < -0.39 is 11.7 Å². The molecule has 2 aromatic carbocycles. The second-order valence-electron chi connectivity index (χ2n) is 4.65. The van der Waals surface area contributed by atoms with Gasteiger partial charge in [-0.1, -0.05) is 29.8 Å². The van der Waals surface area contributed by atoms with Gasteiger partial charge in [0.05, 0.1) is 12.2 Å². The van der Waals surface area contributed by atoms with Crippen LogP contribution in [-0.4, -0.2) is 36.1 Å². The van der Waals surface area contributed by atoms with Gasteiger partial charge in [0.15, 0.2) is 0 Å². The number of nitrogens with zero attached hydrogens (tertiary/aromatic N) is 1. The summed E-state index contributed by atoms with van der Waals surface area (Å²) in [6.45, 7) is 0.00390. The van der Waals surface area contributed by atoms with Crippen LogP contribution in [0.4, 0.5) is 4.39 Å². The van der Waals surface area contributed by atoms with E-state index in [1.165, 1.54) is 24.1 Å². The van der Waals surface area contributed by atoms with Gasteiger partial charge in [-0.2, -0.15) is 0 Å². The summed E-state index contributed by atoms with van der Waals surface area (Å²) in [5, 5.41) is 9.43. The average molecular weight is 308 g/mol. The fourth-order valence-electron chi connectivity index (χ4n) is 1.97. The standard InChI is InChI=1S/C16H15ClFNO2/c1-19(8-9-20)16(21)14-7-4-12(10-15(14)18)11-2-5-13(17)6-3-11/h2-7,10,20H,8-9H2,1H3. The van der Waals surface area contributed by atoms with Crippen LogP contribution in [0, 0.1) is 5.82 Å². The van der Waals surface area contributed by atoms with Gasteiger partial charge in [-0.3, -0.25) is 4.79 Å². The van der Waals surface area contributed by atoms with Crippen LogP contribution in [-0.2, 0) is 0 Å². The number of amides is 1. The second kappa shape index (κ2) is 6.70. The summed E-state index contributed by atoms with van der Waals surface area (Å²) in [6, 6.07) is 11.5. The first-order valence-electron chi connectivity index (χ1n) is 6.44. The van der Waals surface area contributed by atoms with E-state index in [9.17, 15) is 9.18 Å². The second-order valence-corrected chi connectivity index (χ2v) is 5.09. The van der Waals surface area contributed by atoms with Crippen molar-refractivity contribution in [3.8, 4) is 11.1 Å². The molecular weight excluding hydrogens is 293 g/mol. The lowest BCUT2D eigenvalue weighted by Crippen LogP contribution is -2.30. The lowest BCUT2D eigenvalue weighted by molar-refractivity contribution is 0.0762. The quantitative estimate of drug-likeness (QED) is 0.942. The number of aliphatic hydroxyl groups excluding tert-OH is 1. The molecule has 0 heterocycles.